The summed E-state index contributed by atoms with van der Waals surface area (Å²) in [4.78, 5) is 23.9. The first-order valence-corrected chi connectivity index (χ1v) is 9.06. The Morgan fingerprint density at radius 3 is 2.63 bits per heavy atom. The standard InChI is InChI=1S/C22H17N3O5/c1-25-16-5-3-2-4-14(16)20-19(22(25)28)18(15(10-23)21(24)30-20)12-6-8-13(9-7-12)29-11-17(26)27/h2-9,18H,11,24H2,1H3,(H,26,27). The van der Waals surface area contributed by atoms with E-state index in [-0.39, 0.29) is 17.0 Å². The van der Waals surface area contributed by atoms with E-state index >= 15 is 0 Å². The number of aryl methyl sites for hydroxylation is 1. The van der Waals surface area contributed by atoms with Gasteiger partial charge in [0.2, 0.25) is 5.88 Å². The smallest absolute Gasteiger partial charge is 0.341 e. The number of rotatable bonds is 4. The summed E-state index contributed by atoms with van der Waals surface area (Å²) in [6, 6.07) is 15.9. The van der Waals surface area contributed by atoms with Crippen LogP contribution in [-0.2, 0) is 11.8 Å². The Bertz CT molecular complexity index is 1300. The summed E-state index contributed by atoms with van der Waals surface area (Å²) in [6.45, 7) is -0.470. The van der Waals surface area contributed by atoms with E-state index in [1.807, 2.05) is 24.3 Å². The third-order valence-electron chi connectivity index (χ3n) is 5.04. The number of fused-ring (bicyclic) bond motifs is 3. The number of ether oxygens (including phenoxy) is 2. The average molecular weight is 403 g/mol. The second-order valence-corrected chi connectivity index (χ2v) is 6.80. The van der Waals surface area contributed by atoms with Crippen LogP contribution in [-0.4, -0.2) is 22.2 Å². The fraction of sp³-hybridized carbons (Fsp3) is 0.136. The Balaban J connectivity index is 1.91. The highest BCUT2D eigenvalue weighted by Gasteiger charge is 2.35. The van der Waals surface area contributed by atoms with Gasteiger partial charge in [-0.05, 0) is 29.8 Å². The van der Waals surface area contributed by atoms with Crippen LogP contribution in [0.15, 0.2) is 64.8 Å². The van der Waals surface area contributed by atoms with Gasteiger partial charge in [-0.25, -0.2) is 4.79 Å². The molecule has 2 aromatic carbocycles. The minimum absolute atomic E-state index is 0.0559. The molecule has 0 saturated heterocycles. The lowest BCUT2D eigenvalue weighted by Crippen LogP contribution is -2.31. The molecule has 30 heavy (non-hydrogen) atoms. The second kappa shape index (κ2) is 7.29. The van der Waals surface area contributed by atoms with E-state index in [1.54, 1.807) is 31.3 Å². The van der Waals surface area contributed by atoms with Crippen molar-refractivity contribution in [2.24, 2.45) is 12.8 Å². The van der Waals surface area contributed by atoms with E-state index in [4.69, 9.17) is 20.3 Å². The van der Waals surface area contributed by atoms with Crippen LogP contribution in [0.1, 0.15) is 17.0 Å². The van der Waals surface area contributed by atoms with Crippen molar-refractivity contribution in [2.45, 2.75) is 5.92 Å². The largest absolute Gasteiger partial charge is 0.482 e. The summed E-state index contributed by atoms with van der Waals surface area (Å²) >= 11 is 0. The Kier molecular flexibility index (Phi) is 4.64. The van der Waals surface area contributed by atoms with Crippen molar-refractivity contribution in [3.05, 3.63) is 81.5 Å². The van der Waals surface area contributed by atoms with E-state index in [0.29, 0.717) is 33.5 Å². The van der Waals surface area contributed by atoms with Gasteiger partial charge < -0.3 is 24.9 Å². The Morgan fingerprint density at radius 2 is 1.97 bits per heavy atom. The highest BCUT2D eigenvalue weighted by atomic mass is 16.5. The van der Waals surface area contributed by atoms with Crippen LogP contribution >= 0.6 is 0 Å². The Labute approximate surface area is 171 Å². The van der Waals surface area contributed by atoms with Crippen molar-refractivity contribution in [1.82, 2.24) is 4.57 Å². The normalized spacial score (nSPS) is 15.3. The molecule has 0 amide bonds. The molecule has 1 aliphatic heterocycles. The van der Waals surface area contributed by atoms with Crippen LogP contribution in [0.3, 0.4) is 0 Å². The highest BCUT2D eigenvalue weighted by molar-refractivity contribution is 5.88. The molecule has 2 heterocycles. The molecule has 0 bridgehead atoms. The molecule has 0 fully saturated rings. The summed E-state index contributed by atoms with van der Waals surface area (Å²) in [7, 11) is 1.67. The summed E-state index contributed by atoms with van der Waals surface area (Å²) in [6.07, 6.45) is 0. The van der Waals surface area contributed by atoms with Crippen LogP contribution in [0.2, 0.25) is 0 Å². The zero-order valence-corrected chi connectivity index (χ0v) is 16.0. The average Bonchev–Trinajstić information content (AvgIpc) is 2.75. The number of benzene rings is 2. The summed E-state index contributed by atoms with van der Waals surface area (Å²) < 4.78 is 12.4. The number of nitrogens with two attached hydrogens (primary N) is 1. The molecule has 0 radical (unpaired) electrons. The molecule has 150 valence electrons. The zero-order chi connectivity index (χ0) is 21.4. The number of hydrogen-bond donors (Lipinski definition) is 2. The lowest BCUT2D eigenvalue weighted by atomic mass is 9.83. The SMILES string of the molecule is Cn1c(=O)c2c(c3ccccc31)OC(N)=C(C#N)C2c1ccc(OCC(=O)O)cc1. The fourth-order valence-electron chi connectivity index (χ4n) is 3.66. The van der Waals surface area contributed by atoms with Gasteiger partial charge in [0.25, 0.3) is 5.56 Å². The van der Waals surface area contributed by atoms with Crippen molar-refractivity contribution in [2.75, 3.05) is 6.61 Å². The number of pyridine rings is 1. The highest BCUT2D eigenvalue weighted by Crippen LogP contribution is 2.43. The van der Waals surface area contributed by atoms with E-state index < -0.39 is 18.5 Å². The number of nitrogens with zero attached hydrogens (tertiary/aromatic N) is 2. The third-order valence-corrected chi connectivity index (χ3v) is 5.04. The van der Waals surface area contributed by atoms with Crippen molar-refractivity contribution < 1.29 is 19.4 Å². The van der Waals surface area contributed by atoms with Crippen LogP contribution < -0.4 is 20.8 Å². The number of carbonyl (C=O) groups is 1. The number of carboxylic acid groups (broad SMARTS) is 1. The molecule has 0 spiro atoms. The van der Waals surface area contributed by atoms with E-state index in [9.17, 15) is 14.9 Å². The van der Waals surface area contributed by atoms with Gasteiger partial charge in [-0.2, -0.15) is 5.26 Å². The van der Waals surface area contributed by atoms with E-state index in [2.05, 4.69) is 6.07 Å². The van der Waals surface area contributed by atoms with Gasteiger partial charge in [0.05, 0.1) is 17.0 Å². The Morgan fingerprint density at radius 1 is 1.27 bits per heavy atom. The fourth-order valence-corrected chi connectivity index (χ4v) is 3.66. The topological polar surface area (TPSA) is 128 Å². The van der Waals surface area contributed by atoms with Gasteiger partial charge in [0.15, 0.2) is 6.61 Å². The molecule has 4 rings (SSSR count). The van der Waals surface area contributed by atoms with Crippen molar-refractivity contribution >= 4 is 16.9 Å². The summed E-state index contributed by atoms with van der Waals surface area (Å²) in [5.41, 5.74) is 7.54. The predicted octanol–water partition coefficient (Wildman–Crippen LogP) is 2.22. The van der Waals surface area contributed by atoms with Crippen molar-refractivity contribution in [1.29, 1.82) is 5.26 Å². The van der Waals surface area contributed by atoms with Crippen LogP contribution in [0, 0.1) is 11.3 Å². The number of nitriles is 1. The maximum Gasteiger partial charge on any atom is 0.341 e. The lowest BCUT2D eigenvalue weighted by Gasteiger charge is -2.27. The first-order chi connectivity index (χ1) is 14.4. The van der Waals surface area contributed by atoms with Crippen LogP contribution in [0.5, 0.6) is 11.5 Å². The molecular weight excluding hydrogens is 386 g/mol. The molecule has 8 nitrogen and oxygen atoms in total. The molecular formula is C22H17N3O5. The van der Waals surface area contributed by atoms with Crippen molar-refractivity contribution in [3.63, 3.8) is 0 Å². The number of hydrogen-bond acceptors (Lipinski definition) is 6. The van der Waals surface area contributed by atoms with Crippen LogP contribution in [0.4, 0.5) is 0 Å². The van der Waals surface area contributed by atoms with E-state index in [1.165, 1.54) is 4.57 Å². The van der Waals surface area contributed by atoms with Gasteiger partial charge >= 0.3 is 5.97 Å². The molecule has 1 aliphatic rings. The summed E-state index contributed by atoms with van der Waals surface area (Å²) in [5, 5.41) is 19.2. The van der Waals surface area contributed by atoms with Gasteiger partial charge in [-0.15, -0.1) is 0 Å². The first kappa shape index (κ1) is 19.1. The number of carboxylic acids is 1. The third kappa shape index (κ3) is 3.02. The number of allylic oxidation sites excluding steroid dienone is 1. The van der Waals surface area contributed by atoms with Crippen molar-refractivity contribution in [3.8, 4) is 17.6 Å². The molecule has 1 atom stereocenters. The van der Waals surface area contributed by atoms with E-state index in [0.717, 1.165) is 0 Å². The molecule has 1 unspecified atom stereocenters. The Hall–Kier alpha value is -4.25. The first-order valence-electron chi connectivity index (χ1n) is 9.06. The minimum atomic E-state index is -1.09. The predicted molar refractivity (Wildman–Crippen MR) is 108 cm³/mol. The maximum atomic E-state index is 13.2. The minimum Gasteiger partial charge on any atom is -0.482 e. The quantitative estimate of drug-likeness (QED) is 0.684. The molecule has 0 saturated carbocycles. The number of aliphatic carboxylic acids is 1. The molecule has 1 aromatic heterocycles. The van der Waals surface area contributed by atoms with Gasteiger partial charge in [0.1, 0.15) is 23.1 Å². The van der Waals surface area contributed by atoms with Gasteiger partial charge in [-0.1, -0.05) is 24.3 Å². The summed E-state index contributed by atoms with van der Waals surface area (Å²) in [5.74, 6) is -1.18. The molecule has 0 aliphatic carbocycles. The molecule has 3 aromatic rings. The van der Waals surface area contributed by atoms with Gasteiger partial charge in [0, 0.05) is 12.4 Å². The second-order valence-electron chi connectivity index (χ2n) is 6.80. The molecule has 3 N–H and O–H groups in total. The number of para-hydroxylation sites is 1. The maximum absolute atomic E-state index is 13.2. The zero-order valence-electron chi connectivity index (χ0n) is 16.0. The van der Waals surface area contributed by atoms with Gasteiger partial charge in [-0.3, -0.25) is 4.79 Å². The number of aromatic nitrogens is 1. The lowest BCUT2D eigenvalue weighted by molar-refractivity contribution is -0.139. The molecule has 8 heteroatoms. The van der Waals surface area contributed by atoms with Crippen LogP contribution in [0.25, 0.3) is 10.9 Å². The monoisotopic (exact) mass is 403 g/mol.